The molecule has 10 rings (SSSR count). The van der Waals surface area contributed by atoms with Crippen LogP contribution in [0.25, 0.3) is 72.4 Å². The van der Waals surface area contributed by atoms with Crippen molar-refractivity contribution >= 4 is 67.7 Å². The Hall–Kier alpha value is -6.01. The minimum Gasteiger partial charge on any atom is -0.456 e. The molecule has 294 valence electrons. The van der Waals surface area contributed by atoms with Crippen LogP contribution in [0.1, 0.15) is 11.1 Å². The Labute approximate surface area is 368 Å². The summed E-state index contributed by atoms with van der Waals surface area (Å²) in [5, 5.41) is 2.19. The van der Waals surface area contributed by atoms with E-state index in [9.17, 15) is 0 Å². The van der Waals surface area contributed by atoms with Crippen LogP contribution in [0, 0.1) is 26.0 Å². The maximum absolute atomic E-state index is 6.35. The Morgan fingerprint density at radius 2 is 1.27 bits per heavy atom. The van der Waals surface area contributed by atoms with E-state index in [-0.39, 0.29) is 21.1 Å². The number of hydrogen-bond acceptors (Lipinski definition) is 4. The average Bonchev–Trinajstić information content (AvgIpc) is 3.83. The van der Waals surface area contributed by atoms with Gasteiger partial charge in [0.15, 0.2) is 0 Å². The van der Waals surface area contributed by atoms with E-state index in [1.807, 2.05) is 24.4 Å². The Kier molecular flexibility index (Phi) is 10.4. The molecule has 0 radical (unpaired) electrons. The van der Waals surface area contributed by atoms with E-state index in [1.54, 1.807) is 0 Å². The maximum atomic E-state index is 6.35. The number of anilines is 3. The fraction of sp³-hybridized carbons (Fsp3) is 0.0943. The number of nitrogens with zero attached hydrogens (tertiary/aromatic N) is 4. The third-order valence-corrected chi connectivity index (χ3v) is 15.6. The fourth-order valence-electron chi connectivity index (χ4n) is 8.23. The van der Waals surface area contributed by atoms with Crippen molar-refractivity contribution in [2.45, 2.75) is 31.1 Å². The van der Waals surface area contributed by atoms with Crippen LogP contribution >= 0.6 is 0 Å². The molecule has 0 saturated heterocycles. The number of rotatable bonds is 8. The van der Waals surface area contributed by atoms with Crippen LogP contribution in [0.2, 0.25) is 17.3 Å². The first-order valence-electron chi connectivity index (χ1n) is 20.1. The summed E-state index contributed by atoms with van der Waals surface area (Å²) >= 11 is -1.92. The van der Waals surface area contributed by atoms with Gasteiger partial charge in [0, 0.05) is 22.5 Å². The SMILES string of the molecule is Cc1cccc(C)c1N(c1[c-]c(-c2cc(-c3cc[c]([Ge]([CH3])([CH3])[CH3])cc3)ccn2)ccc1)c1[c-]c(-c2nc3ccccc3n2-c2ccc3c(c2)oc2ccccc23)ccc1.[Pt+2]. The number of fused-ring (bicyclic) bond motifs is 4. The van der Waals surface area contributed by atoms with Gasteiger partial charge in [0.1, 0.15) is 11.2 Å². The molecule has 0 aliphatic heterocycles. The van der Waals surface area contributed by atoms with Crippen molar-refractivity contribution in [3.8, 4) is 39.5 Å². The van der Waals surface area contributed by atoms with Crippen LogP contribution in [0.4, 0.5) is 17.1 Å². The van der Waals surface area contributed by atoms with Crippen LogP contribution in [-0.4, -0.2) is 27.8 Å². The second kappa shape index (κ2) is 15.9. The monoisotopic (exact) mass is 1020 g/mol. The van der Waals surface area contributed by atoms with Gasteiger partial charge in [0.25, 0.3) is 0 Å². The summed E-state index contributed by atoms with van der Waals surface area (Å²) in [5.74, 6) is 8.08. The van der Waals surface area contributed by atoms with Gasteiger partial charge in [-0.25, -0.2) is 0 Å². The van der Waals surface area contributed by atoms with E-state index < -0.39 is 13.3 Å². The number of furan rings is 1. The standard InChI is InChI=1S/C53H42GeN4O.Pt/c1-35-13-10-14-36(2)52(35)57(42-17-11-15-39(31-42)48-33-38(29-30-55-48)37-23-25-41(26-24-37)54(3,4)5)43-18-12-16-40(32-43)53-56-47-20-7-8-21-49(47)58(53)44-27-28-46-45-19-6-9-22-50(45)59-51(46)34-44;/h6-30,33-34H,1-5H3;/q-2;+2. The van der Waals surface area contributed by atoms with Gasteiger partial charge in [-0.2, -0.15) is 0 Å². The first-order chi connectivity index (χ1) is 28.7. The molecule has 0 aliphatic carbocycles. The molecule has 0 spiro atoms. The zero-order valence-electron chi connectivity index (χ0n) is 34.1. The first kappa shape index (κ1) is 39.5. The molecule has 0 aliphatic rings. The molecule has 0 N–H and O–H groups in total. The quantitative estimate of drug-likeness (QED) is 0.112. The third kappa shape index (κ3) is 7.20. The Balaban J connectivity index is 0.00000462. The molecule has 7 heteroatoms. The van der Waals surface area contributed by atoms with Gasteiger partial charge in [-0.15, -0.1) is 29.8 Å². The normalized spacial score (nSPS) is 11.6. The van der Waals surface area contributed by atoms with Crippen molar-refractivity contribution in [1.29, 1.82) is 0 Å². The van der Waals surface area contributed by atoms with Crippen molar-refractivity contribution in [1.82, 2.24) is 14.5 Å². The molecule has 3 heterocycles. The third-order valence-electron chi connectivity index (χ3n) is 11.2. The molecule has 0 fully saturated rings. The molecular formula is C53H42GeN4OPt. The molecule has 60 heavy (non-hydrogen) atoms. The van der Waals surface area contributed by atoms with Gasteiger partial charge in [-0.05, 0) is 55.3 Å². The second-order valence-corrected chi connectivity index (χ2v) is 26.9. The molecule has 10 aromatic rings. The zero-order chi connectivity index (χ0) is 40.3. The molecule has 0 unspecified atom stereocenters. The minimum absolute atomic E-state index is 0. The van der Waals surface area contributed by atoms with Gasteiger partial charge in [0.05, 0.1) is 16.9 Å². The fourth-order valence-corrected chi connectivity index (χ4v) is 10.7. The van der Waals surface area contributed by atoms with Gasteiger partial charge in [0.2, 0.25) is 0 Å². The molecule has 0 bridgehead atoms. The summed E-state index contributed by atoms with van der Waals surface area (Å²) in [6, 6.07) is 62.9. The Morgan fingerprint density at radius 1 is 0.600 bits per heavy atom. The second-order valence-electron chi connectivity index (χ2n) is 16.3. The number of aryl methyl sites for hydroxylation is 2. The number of pyridine rings is 1. The number of hydrogen-bond donors (Lipinski definition) is 0. The molecular weight excluding hydrogens is 976 g/mol. The molecule has 7 aromatic carbocycles. The number of para-hydroxylation sites is 4. The van der Waals surface area contributed by atoms with Crippen LogP contribution in [0.3, 0.4) is 0 Å². The first-order valence-corrected chi connectivity index (χ1v) is 27.4. The average molecular weight is 1020 g/mol. The van der Waals surface area contributed by atoms with Gasteiger partial charge in [-0.3, -0.25) is 4.98 Å². The van der Waals surface area contributed by atoms with Crippen molar-refractivity contribution in [3.63, 3.8) is 0 Å². The van der Waals surface area contributed by atoms with Gasteiger partial charge in [-0.1, -0.05) is 48.5 Å². The van der Waals surface area contributed by atoms with E-state index in [0.717, 1.165) is 95.1 Å². The number of benzene rings is 7. The van der Waals surface area contributed by atoms with E-state index in [0.29, 0.717) is 0 Å². The summed E-state index contributed by atoms with van der Waals surface area (Å²) in [7, 11) is 0. The van der Waals surface area contributed by atoms with Crippen molar-refractivity contribution < 1.29 is 25.5 Å². The van der Waals surface area contributed by atoms with Crippen molar-refractivity contribution in [2.24, 2.45) is 0 Å². The van der Waals surface area contributed by atoms with E-state index in [2.05, 4.69) is 192 Å². The van der Waals surface area contributed by atoms with Crippen molar-refractivity contribution in [2.75, 3.05) is 4.90 Å². The number of imidazole rings is 1. The number of aromatic nitrogens is 3. The predicted molar refractivity (Wildman–Crippen MR) is 247 cm³/mol. The van der Waals surface area contributed by atoms with E-state index in [1.165, 1.54) is 9.96 Å². The summed E-state index contributed by atoms with van der Waals surface area (Å²) < 4.78 is 10.1. The summed E-state index contributed by atoms with van der Waals surface area (Å²) in [6.45, 7) is 4.33. The topological polar surface area (TPSA) is 47.1 Å². The molecule has 0 saturated carbocycles. The molecule has 5 nitrogen and oxygen atoms in total. The predicted octanol–water partition coefficient (Wildman–Crippen LogP) is 13.6. The minimum atomic E-state index is -1.92. The van der Waals surface area contributed by atoms with Gasteiger partial charge < -0.3 is 8.98 Å². The van der Waals surface area contributed by atoms with E-state index in [4.69, 9.17) is 14.4 Å². The molecule has 0 atom stereocenters. The van der Waals surface area contributed by atoms with Gasteiger partial charge >= 0.3 is 172 Å². The van der Waals surface area contributed by atoms with E-state index >= 15 is 0 Å². The van der Waals surface area contributed by atoms with Crippen molar-refractivity contribution in [3.05, 3.63) is 187 Å². The summed E-state index contributed by atoms with van der Waals surface area (Å²) in [5.41, 5.74) is 14.7. The zero-order valence-corrected chi connectivity index (χ0v) is 38.5. The van der Waals surface area contributed by atoms with Crippen LogP contribution < -0.4 is 9.30 Å². The Morgan fingerprint density at radius 3 is 2.03 bits per heavy atom. The molecule has 0 amide bonds. The summed E-state index contributed by atoms with van der Waals surface area (Å²) in [6.07, 6.45) is 1.90. The molecule has 3 aromatic heterocycles. The Bertz CT molecular complexity index is 3180. The van der Waals surface area contributed by atoms with Crippen LogP contribution in [0.15, 0.2) is 168 Å². The summed E-state index contributed by atoms with van der Waals surface area (Å²) in [4.78, 5) is 12.4. The smallest absolute Gasteiger partial charge is 0.456 e. The van der Waals surface area contributed by atoms with Crippen LogP contribution in [0.5, 0.6) is 0 Å². The van der Waals surface area contributed by atoms with Crippen LogP contribution in [-0.2, 0) is 21.1 Å².